The number of ether oxygens (including phenoxy) is 1. The number of oxime groups is 1. The van der Waals surface area contributed by atoms with Gasteiger partial charge in [0.25, 0.3) is 5.91 Å². The van der Waals surface area contributed by atoms with Crippen molar-refractivity contribution in [2.75, 3.05) is 13.2 Å². The van der Waals surface area contributed by atoms with Crippen LogP contribution >= 0.6 is 0 Å². The number of amides is 1. The first-order valence-electron chi connectivity index (χ1n) is 15.9. The van der Waals surface area contributed by atoms with Gasteiger partial charge in [-0.3, -0.25) is 14.4 Å². The lowest BCUT2D eigenvalue weighted by atomic mass is 9.46. The molecule has 4 fully saturated rings. The Morgan fingerprint density at radius 2 is 1.85 bits per heavy atom. The first-order valence-corrected chi connectivity index (χ1v) is 15.9. The molecular weight excluding hydrogens is 520 g/mol. The molecule has 1 saturated heterocycles. The first-order chi connectivity index (χ1) is 19.3. The van der Waals surface area contributed by atoms with Crippen LogP contribution in [0.1, 0.15) is 105 Å². The SMILES string of the molecule is CC(=O)[C@H]1CC[C@H]2[C@H]3CCC4=C/C(=N\OCC(=O)N[C@@H](CC(=O)O)[C@@H]5CCOC(C)(C)C5)CC[C@]4(C)[C@@H]3CC[C@]12C. The third kappa shape index (κ3) is 6.00. The normalized spacial score (nSPS) is 39.5. The number of rotatable bonds is 8. The summed E-state index contributed by atoms with van der Waals surface area (Å²) < 4.78 is 5.78. The Morgan fingerprint density at radius 3 is 2.56 bits per heavy atom. The number of nitrogens with zero attached hydrogens (tertiary/aromatic N) is 1. The minimum atomic E-state index is -0.929. The second kappa shape index (κ2) is 11.5. The minimum Gasteiger partial charge on any atom is -0.481 e. The van der Waals surface area contributed by atoms with Gasteiger partial charge in [-0.1, -0.05) is 24.6 Å². The van der Waals surface area contributed by atoms with Gasteiger partial charge >= 0.3 is 5.97 Å². The van der Waals surface area contributed by atoms with E-state index in [2.05, 4.69) is 30.4 Å². The highest BCUT2D eigenvalue weighted by Crippen LogP contribution is 2.66. The topological polar surface area (TPSA) is 114 Å². The van der Waals surface area contributed by atoms with Gasteiger partial charge in [-0.15, -0.1) is 0 Å². The number of nitrogens with one attached hydrogen (secondary N) is 1. The largest absolute Gasteiger partial charge is 0.481 e. The molecule has 0 aromatic rings. The quantitative estimate of drug-likeness (QED) is 0.362. The Bertz CT molecular complexity index is 1110. The molecule has 5 rings (SSSR count). The average molecular weight is 571 g/mol. The maximum atomic E-state index is 12.7. The van der Waals surface area contributed by atoms with Gasteiger partial charge in [-0.25, -0.2) is 0 Å². The van der Waals surface area contributed by atoms with Gasteiger partial charge in [-0.2, -0.15) is 0 Å². The fourth-order valence-electron chi connectivity index (χ4n) is 9.88. The van der Waals surface area contributed by atoms with E-state index in [0.717, 1.165) is 44.2 Å². The molecule has 0 unspecified atom stereocenters. The Balaban J connectivity index is 1.19. The van der Waals surface area contributed by atoms with E-state index in [1.165, 1.54) is 24.8 Å². The molecule has 8 heteroatoms. The summed E-state index contributed by atoms with van der Waals surface area (Å²) in [5.41, 5.74) is 2.35. The number of carboxylic acids is 1. The molecule has 3 saturated carbocycles. The number of carbonyl (C=O) groups is 3. The van der Waals surface area contributed by atoms with E-state index in [0.29, 0.717) is 36.6 Å². The van der Waals surface area contributed by atoms with Crippen molar-refractivity contribution in [2.45, 2.75) is 117 Å². The summed E-state index contributed by atoms with van der Waals surface area (Å²) >= 11 is 0. The van der Waals surface area contributed by atoms with E-state index < -0.39 is 12.0 Å². The van der Waals surface area contributed by atoms with Crippen LogP contribution in [-0.4, -0.2) is 53.3 Å². The zero-order valence-electron chi connectivity index (χ0n) is 25.7. The van der Waals surface area contributed by atoms with Crippen LogP contribution in [0.25, 0.3) is 0 Å². The second-order valence-corrected chi connectivity index (χ2v) is 14.8. The maximum Gasteiger partial charge on any atom is 0.305 e. The number of hydrogen-bond acceptors (Lipinski definition) is 6. The van der Waals surface area contributed by atoms with E-state index in [1.54, 1.807) is 6.92 Å². The summed E-state index contributed by atoms with van der Waals surface area (Å²) in [5.74, 6) is 1.39. The molecule has 5 aliphatic rings. The van der Waals surface area contributed by atoms with Crippen LogP contribution in [0.3, 0.4) is 0 Å². The lowest BCUT2D eigenvalue weighted by Crippen LogP contribution is -2.51. The highest BCUT2D eigenvalue weighted by Gasteiger charge is 2.59. The number of allylic oxidation sites excluding steroid dienone is 2. The molecule has 2 N–H and O–H groups in total. The summed E-state index contributed by atoms with van der Waals surface area (Å²) in [6, 6.07) is -0.463. The Hall–Kier alpha value is -2.22. The number of hydrogen-bond donors (Lipinski definition) is 2. The highest BCUT2D eigenvalue weighted by atomic mass is 16.6. The Kier molecular flexibility index (Phi) is 8.45. The monoisotopic (exact) mass is 570 g/mol. The molecule has 1 heterocycles. The molecule has 41 heavy (non-hydrogen) atoms. The summed E-state index contributed by atoms with van der Waals surface area (Å²) in [4.78, 5) is 42.2. The van der Waals surface area contributed by atoms with Crippen LogP contribution in [0.5, 0.6) is 0 Å². The summed E-state index contributed by atoms with van der Waals surface area (Å²) in [5, 5.41) is 16.7. The van der Waals surface area contributed by atoms with Crippen molar-refractivity contribution in [3.05, 3.63) is 11.6 Å². The van der Waals surface area contributed by atoms with Crippen LogP contribution in [0.2, 0.25) is 0 Å². The van der Waals surface area contributed by atoms with Gasteiger partial charge in [0.2, 0.25) is 0 Å². The lowest BCUT2D eigenvalue weighted by Gasteiger charge is -2.58. The number of carboxylic acid groups (broad SMARTS) is 1. The highest BCUT2D eigenvalue weighted by molar-refractivity contribution is 5.96. The van der Waals surface area contributed by atoms with E-state index in [-0.39, 0.29) is 47.2 Å². The van der Waals surface area contributed by atoms with Crippen molar-refractivity contribution in [1.82, 2.24) is 5.32 Å². The number of Topliss-reactive ketones (excluding diaryl/α,β-unsaturated/α-hetero) is 1. The summed E-state index contributed by atoms with van der Waals surface area (Å²) in [6.45, 7) is 11.0. The summed E-state index contributed by atoms with van der Waals surface area (Å²) in [7, 11) is 0. The van der Waals surface area contributed by atoms with Crippen LogP contribution in [0.15, 0.2) is 16.8 Å². The Morgan fingerprint density at radius 1 is 1.07 bits per heavy atom. The smallest absolute Gasteiger partial charge is 0.305 e. The van der Waals surface area contributed by atoms with E-state index in [1.807, 2.05) is 13.8 Å². The molecule has 228 valence electrons. The maximum absolute atomic E-state index is 12.7. The third-order valence-electron chi connectivity index (χ3n) is 11.9. The number of carbonyl (C=O) groups excluding carboxylic acids is 2. The van der Waals surface area contributed by atoms with Crippen molar-refractivity contribution >= 4 is 23.4 Å². The molecule has 0 aromatic carbocycles. The molecule has 0 spiro atoms. The van der Waals surface area contributed by atoms with Gasteiger partial charge in [0.1, 0.15) is 5.78 Å². The van der Waals surface area contributed by atoms with Crippen LogP contribution in [0, 0.1) is 40.4 Å². The molecular formula is C33H50N2O6. The molecule has 1 amide bonds. The molecule has 8 nitrogen and oxygen atoms in total. The average Bonchev–Trinajstić information content (AvgIpc) is 3.25. The molecule has 1 aliphatic heterocycles. The molecule has 0 bridgehead atoms. The van der Waals surface area contributed by atoms with Gasteiger partial charge < -0.3 is 20.0 Å². The number of fused-ring (bicyclic) bond motifs is 5. The zero-order valence-corrected chi connectivity index (χ0v) is 25.7. The van der Waals surface area contributed by atoms with Crippen molar-refractivity contribution < 1.29 is 29.1 Å². The van der Waals surface area contributed by atoms with Gasteiger partial charge in [0.15, 0.2) is 6.61 Å². The van der Waals surface area contributed by atoms with Crippen molar-refractivity contribution in [3.8, 4) is 0 Å². The molecule has 8 atom stereocenters. The van der Waals surface area contributed by atoms with E-state index in [9.17, 15) is 19.5 Å². The number of ketones is 1. The fraction of sp³-hybridized carbons (Fsp3) is 0.818. The second-order valence-electron chi connectivity index (χ2n) is 14.8. The molecule has 4 aliphatic carbocycles. The zero-order chi connectivity index (χ0) is 29.6. The van der Waals surface area contributed by atoms with Crippen LogP contribution < -0.4 is 5.32 Å². The summed E-state index contributed by atoms with van der Waals surface area (Å²) in [6.07, 6.45) is 12.2. The number of aliphatic carboxylic acids is 1. The lowest BCUT2D eigenvalue weighted by molar-refractivity contribution is -0.140. The first kappa shape index (κ1) is 30.2. The van der Waals surface area contributed by atoms with Crippen molar-refractivity contribution in [1.29, 1.82) is 0 Å². The fourth-order valence-corrected chi connectivity index (χ4v) is 9.88. The van der Waals surface area contributed by atoms with E-state index in [4.69, 9.17) is 9.57 Å². The Labute approximate surface area is 245 Å². The van der Waals surface area contributed by atoms with Crippen molar-refractivity contribution in [2.24, 2.45) is 45.6 Å². The van der Waals surface area contributed by atoms with Gasteiger partial charge in [0, 0.05) is 18.6 Å². The third-order valence-corrected chi connectivity index (χ3v) is 11.9. The predicted molar refractivity (Wildman–Crippen MR) is 156 cm³/mol. The minimum absolute atomic E-state index is 0.0382. The molecule has 0 aromatic heterocycles. The van der Waals surface area contributed by atoms with Crippen molar-refractivity contribution in [3.63, 3.8) is 0 Å². The molecule has 0 radical (unpaired) electrons. The van der Waals surface area contributed by atoms with Crippen LogP contribution in [-0.2, 0) is 24.0 Å². The van der Waals surface area contributed by atoms with Crippen LogP contribution in [0.4, 0.5) is 0 Å². The van der Waals surface area contributed by atoms with Gasteiger partial charge in [0.05, 0.1) is 17.7 Å². The predicted octanol–water partition coefficient (Wildman–Crippen LogP) is 5.69. The van der Waals surface area contributed by atoms with E-state index >= 15 is 0 Å². The standard InChI is InChI=1S/C33H50N2O6/c1-20(36)25-8-9-26-24-7-6-22-16-23(10-13-32(22,4)27(24)11-14-33(25,26)5)35-41-19-29(37)34-28(17-30(38)39)21-12-15-40-31(2,3)18-21/h16,21,24-28H,6-15,17-19H2,1-5H3,(H,34,37)(H,38,39)/b35-23-/t21-,24-,25-,26+,27-,28+,32+,33-/m1/s1. The van der Waals surface area contributed by atoms with Gasteiger partial charge in [-0.05, 0) is 126 Å².